The highest BCUT2D eigenvalue weighted by Gasteiger charge is 2.10. The van der Waals surface area contributed by atoms with E-state index in [9.17, 15) is 8.42 Å². The van der Waals surface area contributed by atoms with Gasteiger partial charge >= 0.3 is 0 Å². The van der Waals surface area contributed by atoms with Gasteiger partial charge < -0.3 is 15.1 Å². The molecule has 0 fully saturated rings. The highest BCUT2D eigenvalue weighted by atomic mass is 127. The number of aliphatic imine (C=N–C) groups is 1. The van der Waals surface area contributed by atoms with Crippen molar-refractivity contribution in [1.29, 1.82) is 0 Å². The SMILES string of the molecule is CN=C(NCCc1ccc(S(N)(=O)=O)cc1)NCc1oc2ccccc2c1C.I. The van der Waals surface area contributed by atoms with Gasteiger partial charge in [-0.25, -0.2) is 13.6 Å². The molecule has 0 unspecified atom stereocenters. The van der Waals surface area contributed by atoms with E-state index in [1.165, 1.54) is 12.1 Å². The number of aryl methyl sites for hydroxylation is 1. The first-order valence-corrected chi connectivity index (χ1v) is 10.5. The van der Waals surface area contributed by atoms with Gasteiger partial charge in [0, 0.05) is 24.5 Å². The first-order valence-electron chi connectivity index (χ1n) is 8.92. The van der Waals surface area contributed by atoms with E-state index in [2.05, 4.69) is 15.6 Å². The first-order chi connectivity index (χ1) is 13.4. The number of furan rings is 1. The van der Waals surface area contributed by atoms with Crippen LogP contribution in [0.3, 0.4) is 0 Å². The monoisotopic (exact) mass is 528 g/mol. The molecule has 2 aromatic carbocycles. The van der Waals surface area contributed by atoms with Crippen molar-refractivity contribution in [2.45, 2.75) is 24.8 Å². The number of fused-ring (bicyclic) bond motifs is 1. The number of rotatable bonds is 6. The highest BCUT2D eigenvalue weighted by molar-refractivity contribution is 14.0. The average Bonchev–Trinajstić information content (AvgIpc) is 3.00. The Morgan fingerprint density at radius 1 is 1.10 bits per heavy atom. The Bertz CT molecular complexity index is 1090. The van der Waals surface area contributed by atoms with Crippen LogP contribution in [0.5, 0.6) is 0 Å². The Labute approximate surface area is 187 Å². The number of hydrogen-bond donors (Lipinski definition) is 3. The predicted octanol–water partition coefficient (Wildman–Crippen LogP) is 2.91. The van der Waals surface area contributed by atoms with Crippen molar-refractivity contribution in [1.82, 2.24) is 10.6 Å². The molecule has 0 aliphatic carbocycles. The molecule has 0 saturated heterocycles. The maximum absolute atomic E-state index is 11.3. The summed E-state index contributed by atoms with van der Waals surface area (Å²) in [4.78, 5) is 4.34. The van der Waals surface area contributed by atoms with Crippen LogP contribution in [0.25, 0.3) is 11.0 Å². The van der Waals surface area contributed by atoms with Crippen molar-refractivity contribution in [3.05, 3.63) is 65.4 Å². The van der Waals surface area contributed by atoms with E-state index in [0.717, 1.165) is 34.3 Å². The largest absolute Gasteiger partial charge is 0.459 e. The van der Waals surface area contributed by atoms with Gasteiger partial charge in [-0.05, 0) is 37.1 Å². The van der Waals surface area contributed by atoms with Crippen LogP contribution in [-0.2, 0) is 23.0 Å². The minimum Gasteiger partial charge on any atom is -0.459 e. The highest BCUT2D eigenvalue weighted by Crippen LogP contribution is 2.24. The maximum Gasteiger partial charge on any atom is 0.238 e. The number of sulfonamides is 1. The fraction of sp³-hybridized carbons (Fsp3) is 0.250. The normalized spacial score (nSPS) is 11.9. The van der Waals surface area contributed by atoms with Gasteiger partial charge in [0.25, 0.3) is 0 Å². The Hall–Kier alpha value is -2.11. The molecular weight excluding hydrogens is 503 g/mol. The third-order valence-electron chi connectivity index (χ3n) is 4.54. The number of nitrogens with two attached hydrogens (primary N) is 1. The molecule has 7 nitrogen and oxygen atoms in total. The topological polar surface area (TPSA) is 110 Å². The van der Waals surface area contributed by atoms with Gasteiger partial charge in [-0.15, -0.1) is 24.0 Å². The van der Waals surface area contributed by atoms with Gasteiger partial charge in [0.2, 0.25) is 10.0 Å². The molecule has 0 aliphatic heterocycles. The van der Waals surface area contributed by atoms with E-state index in [-0.39, 0.29) is 28.9 Å². The third kappa shape index (κ3) is 5.94. The second kappa shape index (κ2) is 10.1. The Kier molecular flexibility index (Phi) is 8.05. The van der Waals surface area contributed by atoms with E-state index in [4.69, 9.17) is 9.56 Å². The lowest BCUT2D eigenvalue weighted by atomic mass is 10.1. The molecule has 1 aromatic heterocycles. The van der Waals surface area contributed by atoms with E-state index >= 15 is 0 Å². The third-order valence-corrected chi connectivity index (χ3v) is 5.47. The molecule has 0 radical (unpaired) electrons. The van der Waals surface area contributed by atoms with E-state index < -0.39 is 10.0 Å². The number of guanidine groups is 1. The van der Waals surface area contributed by atoms with Crippen LogP contribution in [-0.4, -0.2) is 28.0 Å². The first kappa shape index (κ1) is 23.2. The van der Waals surface area contributed by atoms with Crippen molar-refractivity contribution in [2.24, 2.45) is 10.1 Å². The molecule has 0 atom stereocenters. The molecule has 4 N–H and O–H groups in total. The number of benzene rings is 2. The number of primary sulfonamides is 1. The van der Waals surface area contributed by atoms with Gasteiger partial charge in [0.05, 0.1) is 11.4 Å². The minimum absolute atomic E-state index is 0. The standard InChI is InChI=1S/C20H24N4O3S.HI/c1-14-17-5-3-4-6-18(17)27-19(14)13-24-20(22-2)23-12-11-15-7-9-16(10-8-15)28(21,25)26;/h3-10H,11-13H2,1-2H3,(H2,21,25,26)(H2,22,23,24);1H. The summed E-state index contributed by atoms with van der Waals surface area (Å²) in [5, 5.41) is 12.7. The summed E-state index contributed by atoms with van der Waals surface area (Å²) in [6, 6.07) is 14.5. The van der Waals surface area contributed by atoms with Crippen LogP contribution in [0, 0.1) is 6.92 Å². The Morgan fingerprint density at radius 2 is 1.79 bits per heavy atom. The zero-order valence-electron chi connectivity index (χ0n) is 16.3. The van der Waals surface area contributed by atoms with E-state index in [0.29, 0.717) is 19.0 Å². The van der Waals surface area contributed by atoms with Crippen LogP contribution >= 0.6 is 24.0 Å². The fourth-order valence-corrected chi connectivity index (χ4v) is 3.46. The molecule has 0 aliphatic rings. The number of para-hydroxylation sites is 1. The number of hydrogen-bond acceptors (Lipinski definition) is 4. The Balaban J connectivity index is 0.00000300. The molecule has 0 spiro atoms. The Morgan fingerprint density at radius 3 is 2.41 bits per heavy atom. The summed E-state index contributed by atoms with van der Waals surface area (Å²) in [5.41, 5.74) is 3.00. The van der Waals surface area contributed by atoms with Crippen molar-refractivity contribution in [2.75, 3.05) is 13.6 Å². The van der Waals surface area contributed by atoms with Crippen molar-refractivity contribution in [3.8, 4) is 0 Å². The summed E-state index contributed by atoms with van der Waals surface area (Å²) in [5.74, 6) is 1.55. The van der Waals surface area contributed by atoms with Crippen LogP contribution in [0.4, 0.5) is 0 Å². The van der Waals surface area contributed by atoms with Gasteiger partial charge in [-0.2, -0.15) is 0 Å². The second-order valence-corrected chi connectivity index (χ2v) is 8.00. The molecule has 1 heterocycles. The molecule has 3 rings (SSSR count). The van der Waals surface area contributed by atoms with E-state index in [1.807, 2.05) is 31.2 Å². The van der Waals surface area contributed by atoms with Crippen molar-refractivity contribution in [3.63, 3.8) is 0 Å². The lowest BCUT2D eigenvalue weighted by molar-refractivity contribution is 0.534. The van der Waals surface area contributed by atoms with Crippen LogP contribution in [0.2, 0.25) is 0 Å². The average molecular weight is 528 g/mol. The summed E-state index contributed by atoms with van der Waals surface area (Å²) in [6.07, 6.45) is 0.718. The molecule has 29 heavy (non-hydrogen) atoms. The van der Waals surface area contributed by atoms with Crippen molar-refractivity contribution >= 4 is 50.9 Å². The number of nitrogens with one attached hydrogen (secondary N) is 2. The van der Waals surface area contributed by atoms with Gasteiger partial charge in [-0.3, -0.25) is 4.99 Å². The predicted molar refractivity (Wildman–Crippen MR) is 126 cm³/mol. The fourth-order valence-electron chi connectivity index (χ4n) is 2.95. The van der Waals surface area contributed by atoms with Crippen LogP contribution in [0.15, 0.2) is 62.8 Å². The quantitative estimate of drug-likeness (QED) is 0.259. The lowest BCUT2D eigenvalue weighted by Crippen LogP contribution is -2.37. The van der Waals surface area contributed by atoms with Crippen LogP contribution < -0.4 is 15.8 Å². The zero-order chi connectivity index (χ0) is 20.1. The molecule has 0 amide bonds. The molecule has 156 valence electrons. The summed E-state index contributed by atoms with van der Waals surface area (Å²) >= 11 is 0. The molecule has 0 saturated carbocycles. The summed E-state index contributed by atoms with van der Waals surface area (Å²) in [7, 11) is -1.95. The molecule has 3 aromatic rings. The summed E-state index contributed by atoms with van der Waals surface area (Å²) < 4.78 is 28.5. The van der Waals surface area contributed by atoms with Gasteiger partial charge in [-0.1, -0.05) is 30.3 Å². The molecule has 0 bridgehead atoms. The zero-order valence-corrected chi connectivity index (χ0v) is 19.5. The smallest absolute Gasteiger partial charge is 0.238 e. The number of nitrogens with zero attached hydrogens (tertiary/aromatic N) is 1. The summed E-state index contributed by atoms with van der Waals surface area (Å²) in [6.45, 7) is 3.22. The lowest BCUT2D eigenvalue weighted by Gasteiger charge is -2.11. The number of halogens is 1. The maximum atomic E-state index is 11.3. The van der Waals surface area contributed by atoms with E-state index in [1.54, 1.807) is 19.2 Å². The molecule has 9 heteroatoms. The van der Waals surface area contributed by atoms with Gasteiger partial charge in [0.1, 0.15) is 11.3 Å². The molecular formula is C20H25IN4O3S. The minimum atomic E-state index is -3.66. The van der Waals surface area contributed by atoms with Crippen LogP contribution in [0.1, 0.15) is 16.9 Å². The van der Waals surface area contributed by atoms with Crippen molar-refractivity contribution < 1.29 is 12.8 Å². The van der Waals surface area contributed by atoms with Gasteiger partial charge in [0.15, 0.2) is 5.96 Å². The second-order valence-electron chi connectivity index (χ2n) is 6.44.